The molecule has 20 heavy (non-hydrogen) atoms. The lowest BCUT2D eigenvalue weighted by molar-refractivity contribution is 0.747. The number of fused-ring (bicyclic) bond motifs is 2. The first-order chi connectivity index (χ1) is 9.90. The second-order valence-electron chi connectivity index (χ2n) is 5.37. The Morgan fingerprint density at radius 1 is 0.950 bits per heavy atom. The Kier molecular flexibility index (Phi) is 2.69. The van der Waals surface area contributed by atoms with Gasteiger partial charge in [-0.15, -0.1) is 0 Å². The van der Waals surface area contributed by atoms with Crippen molar-refractivity contribution in [1.29, 1.82) is 0 Å². The van der Waals surface area contributed by atoms with Crippen molar-refractivity contribution in [3.63, 3.8) is 0 Å². The molecule has 1 aliphatic rings. The second-order valence-corrected chi connectivity index (χ2v) is 5.37. The summed E-state index contributed by atoms with van der Waals surface area (Å²) < 4.78 is 0. The summed E-state index contributed by atoms with van der Waals surface area (Å²) >= 11 is 0. The Labute approximate surface area is 118 Å². The Bertz CT molecular complexity index is 712. The minimum atomic E-state index is 0.940. The Hall–Kier alpha value is -2.29. The highest BCUT2D eigenvalue weighted by molar-refractivity contribution is 5.77. The van der Waals surface area contributed by atoms with Crippen LogP contribution in [0.2, 0.25) is 0 Å². The van der Waals surface area contributed by atoms with E-state index >= 15 is 0 Å². The standard InChI is InChI=1S/C17H17N3/c1-2-7-14-12-20(11-5-8-13(14)6-1)17-18-15-9-3-4-10-16(15)19-17/h1-4,6-7,9-10H,5,8,11-12H2,(H,18,19). The number of para-hydroxylation sites is 2. The molecule has 0 aliphatic carbocycles. The van der Waals surface area contributed by atoms with Gasteiger partial charge < -0.3 is 9.88 Å². The molecule has 0 spiro atoms. The monoisotopic (exact) mass is 263 g/mol. The van der Waals surface area contributed by atoms with Gasteiger partial charge >= 0.3 is 0 Å². The summed E-state index contributed by atoms with van der Waals surface area (Å²) in [6.45, 7) is 1.99. The predicted octanol–water partition coefficient (Wildman–Crippen LogP) is 3.52. The van der Waals surface area contributed by atoms with Crippen LogP contribution in [0.15, 0.2) is 48.5 Å². The third-order valence-electron chi connectivity index (χ3n) is 4.03. The van der Waals surface area contributed by atoms with E-state index in [0.717, 1.165) is 36.5 Å². The van der Waals surface area contributed by atoms with E-state index in [1.54, 1.807) is 0 Å². The van der Waals surface area contributed by atoms with Gasteiger partial charge in [-0.1, -0.05) is 36.4 Å². The fourth-order valence-electron chi connectivity index (χ4n) is 2.97. The average Bonchev–Trinajstić information content (AvgIpc) is 2.80. The number of imidazole rings is 1. The zero-order valence-electron chi connectivity index (χ0n) is 11.3. The van der Waals surface area contributed by atoms with Crippen LogP contribution < -0.4 is 4.90 Å². The van der Waals surface area contributed by atoms with Crippen LogP contribution in [0.5, 0.6) is 0 Å². The summed E-state index contributed by atoms with van der Waals surface area (Å²) in [6, 6.07) is 17.0. The molecule has 3 nitrogen and oxygen atoms in total. The summed E-state index contributed by atoms with van der Waals surface area (Å²) in [7, 11) is 0. The van der Waals surface area contributed by atoms with Crippen LogP contribution in [-0.4, -0.2) is 16.5 Å². The van der Waals surface area contributed by atoms with Crippen LogP contribution in [0.1, 0.15) is 17.5 Å². The molecule has 3 heteroatoms. The third kappa shape index (κ3) is 1.95. The molecule has 4 rings (SSSR count). The SMILES string of the molecule is c1ccc2c(c1)CCCN(c1nc3ccccc3[nH]1)C2. The number of hydrogen-bond acceptors (Lipinski definition) is 2. The van der Waals surface area contributed by atoms with Crippen molar-refractivity contribution in [1.82, 2.24) is 9.97 Å². The highest BCUT2D eigenvalue weighted by Gasteiger charge is 2.16. The minimum absolute atomic E-state index is 0.940. The van der Waals surface area contributed by atoms with Gasteiger partial charge in [0.2, 0.25) is 5.95 Å². The first-order valence-corrected chi connectivity index (χ1v) is 7.17. The fourth-order valence-corrected chi connectivity index (χ4v) is 2.97. The number of nitrogens with one attached hydrogen (secondary N) is 1. The van der Waals surface area contributed by atoms with Crippen LogP contribution in [0.25, 0.3) is 11.0 Å². The van der Waals surface area contributed by atoms with Crippen LogP contribution >= 0.6 is 0 Å². The predicted molar refractivity (Wildman–Crippen MR) is 81.9 cm³/mol. The molecule has 2 heterocycles. The molecule has 0 atom stereocenters. The second kappa shape index (κ2) is 4.67. The summed E-state index contributed by atoms with van der Waals surface area (Å²) in [5.74, 6) is 0.989. The maximum atomic E-state index is 4.72. The molecule has 2 aromatic carbocycles. The number of benzene rings is 2. The molecule has 0 saturated heterocycles. The van der Waals surface area contributed by atoms with Crippen molar-refractivity contribution < 1.29 is 0 Å². The molecule has 100 valence electrons. The molecule has 1 aromatic heterocycles. The van der Waals surface area contributed by atoms with E-state index in [-0.39, 0.29) is 0 Å². The van der Waals surface area contributed by atoms with Gasteiger partial charge in [-0.05, 0) is 36.1 Å². The van der Waals surface area contributed by atoms with Crippen LogP contribution in [0.4, 0.5) is 5.95 Å². The van der Waals surface area contributed by atoms with E-state index in [2.05, 4.69) is 46.3 Å². The molecule has 0 radical (unpaired) electrons. The molecule has 0 amide bonds. The lowest BCUT2D eigenvalue weighted by Crippen LogP contribution is -2.23. The van der Waals surface area contributed by atoms with Gasteiger partial charge in [0.15, 0.2) is 0 Å². The maximum absolute atomic E-state index is 4.72. The lowest BCUT2D eigenvalue weighted by atomic mass is 10.0. The normalized spacial score (nSPS) is 15.1. The largest absolute Gasteiger partial charge is 0.338 e. The number of aromatic nitrogens is 2. The lowest BCUT2D eigenvalue weighted by Gasteiger charge is -2.19. The molecule has 0 unspecified atom stereocenters. The zero-order valence-corrected chi connectivity index (χ0v) is 11.3. The van der Waals surface area contributed by atoms with Gasteiger partial charge in [0.05, 0.1) is 11.0 Å². The van der Waals surface area contributed by atoms with E-state index in [9.17, 15) is 0 Å². The molecule has 0 saturated carbocycles. The topological polar surface area (TPSA) is 31.9 Å². The van der Waals surface area contributed by atoms with Gasteiger partial charge in [-0.25, -0.2) is 4.98 Å². The summed E-state index contributed by atoms with van der Waals surface area (Å²) in [5, 5.41) is 0. The summed E-state index contributed by atoms with van der Waals surface area (Å²) in [5.41, 5.74) is 5.05. The van der Waals surface area contributed by atoms with Crippen molar-refractivity contribution in [2.45, 2.75) is 19.4 Å². The van der Waals surface area contributed by atoms with Crippen LogP contribution in [0, 0.1) is 0 Å². The first kappa shape index (κ1) is 11.5. The Balaban J connectivity index is 1.71. The zero-order chi connectivity index (χ0) is 13.4. The average molecular weight is 263 g/mol. The van der Waals surface area contributed by atoms with Crippen molar-refractivity contribution in [3.05, 3.63) is 59.7 Å². The Morgan fingerprint density at radius 3 is 2.65 bits per heavy atom. The van der Waals surface area contributed by atoms with Crippen molar-refractivity contribution in [2.24, 2.45) is 0 Å². The van der Waals surface area contributed by atoms with Crippen LogP contribution in [0.3, 0.4) is 0 Å². The maximum Gasteiger partial charge on any atom is 0.204 e. The molecule has 3 aromatic rings. The number of H-pyrrole nitrogens is 1. The molecule has 0 fully saturated rings. The highest BCUT2D eigenvalue weighted by atomic mass is 15.3. The van der Waals surface area contributed by atoms with Gasteiger partial charge in [-0.2, -0.15) is 0 Å². The quantitative estimate of drug-likeness (QED) is 0.728. The van der Waals surface area contributed by atoms with Gasteiger partial charge in [0.1, 0.15) is 0 Å². The summed E-state index contributed by atoms with van der Waals surface area (Å²) in [6.07, 6.45) is 2.33. The Morgan fingerprint density at radius 2 is 1.75 bits per heavy atom. The third-order valence-corrected chi connectivity index (χ3v) is 4.03. The molecule has 0 bridgehead atoms. The number of aromatic amines is 1. The van der Waals surface area contributed by atoms with E-state index < -0.39 is 0 Å². The van der Waals surface area contributed by atoms with Gasteiger partial charge in [0.25, 0.3) is 0 Å². The highest BCUT2D eigenvalue weighted by Crippen LogP contribution is 2.23. The molecule has 1 aliphatic heterocycles. The van der Waals surface area contributed by atoms with Gasteiger partial charge in [-0.3, -0.25) is 0 Å². The number of rotatable bonds is 1. The van der Waals surface area contributed by atoms with Crippen molar-refractivity contribution >= 4 is 17.0 Å². The molecule has 1 N–H and O–H groups in total. The van der Waals surface area contributed by atoms with Crippen LogP contribution in [-0.2, 0) is 13.0 Å². The number of nitrogens with zero attached hydrogens (tertiary/aromatic N) is 2. The first-order valence-electron chi connectivity index (χ1n) is 7.17. The summed E-state index contributed by atoms with van der Waals surface area (Å²) in [4.78, 5) is 10.5. The molecular weight excluding hydrogens is 246 g/mol. The van der Waals surface area contributed by atoms with E-state index in [1.807, 2.05) is 12.1 Å². The minimum Gasteiger partial charge on any atom is -0.338 e. The van der Waals surface area contributed by atoms with E-state index in [0.29, 0.717) is 0 Å². The number of anilines is 1. The van der Waals surface area contributed by atoms with E-state index in [4.69, 9.17) is 4.98 Å². The fraction of sp³-hybridized carbons (Fsp3) is 0.235. The molecular formula is C17H17N3. The number of aryl methyl sites for hydroxylation is 1. The smallest absolute Gasteiger partial charge is 0.204 e. The number of hydrogen-bond donors (Lipinski definition) is 1. The van der Waals surface area contributed by atoms with Crippen molar-refractivity contribution in [3.8, 4) is 0 Å². The van der Waals surface area contributed by atoms with Gasteiger partial charge in [0, 0.05) is 13.1 Å². The van der Waals surface area contributed by atoms with Crippen molar-refractivity contribution in [2.75, 3.05) is 11.4 Å². The van der Waals surface area contributed by atoms with E-state index in [1.165, 1.54) is 17.5 Å².